The third-order valence-electron chi connectivity index (χ3n) is 2.09. The van der Waals surface area contributed by atoms with E-state index >= 15 is 0 Å². The van der Waals surface area contributed by atoms with Crippen LogP contribution in [-0.2, 0) is 5.75 Å². The van der Waals surface area contributed by atoms with Crippen molar-refractivity contribution >= 4 is 27.7 Å². The number of hydrogen-bond donors (Lipinski definition) is 0. The Labute approximate surface area is 108 Å². The molecule has 82 valence electrons. The first-order chi connectivity index (χ1) is 7.75. The SMILES string of the molecule is Cc1cccc(CSc2ncncc2Br)c1. The van der Waals surface area contributed by atoms with Crippen molar-refractivity contribution in [1.29, 1.82) is 0 Å². The first kappa shape index (κ1) is 11.6. The fourth-order valence-electron chi connectivity index (χ4n) is 1.36. The van der Waals surface area contributed by atoms with E-state index in [1.165, 1.54) is 11.1 Å². The van der Waals surface area contributed by atoms with E-state index in [9.17, 15) is 0 Å². The number of thioether (sulfide) groups is 1. The van der Waals surface area contributed by atoms with E-state index in [0.29, 0.717) is 0 Å². The van der Waals surface area contributed by atoms with Crippen molar-refractivity contribution in [2.24, 2.45) is 0 Å². The van der Waals surface area contributed by atoms with E-state index in [1.54, 1.807) is 24.3 Å². The van der Waals surface area contributed by atoms with Crippen LogP contribution >= 0.6 is 27.7 Å². The van der Waals surface area contributed by atoms with Gasteiger partial charge in [0.2, 0.25) is 0 Å². The molecule has 0 radical (unpaired) electrons. The molecule has 1 aromatic carbocycles. The molecule has 1 aromatic heterocycles. The van der Waals surface area contributed by atoms with Crippen molar-refractivity contribution in [3.8, 4) is 0 Å². The van der Waals surface area contributed by atoms with Gasteiger partial charge in [-0.15, -0.1) is 11.8 Å². The first-order valence-electron chi connectivity index (χ1n) is 4.89. The van der Waals surface area contributed by atoms with Gasteiger partial charge in [0.15, 0.2) is 0 Å². The molecule has 0 N–H and O–H groups in total. The maximum Gasteiger partial charge on any atom is 0.116 e. The second-order valence-electron chi connectivity index (χ2n) is 3.45. The molecule has 2 rings (SSSR count). The molecule has 0 aliphatic heterocycles. The molecule has 0 aliphatic carbocycles. The highest BCUT2D eigenvalue weighted by atomic mass is 79.9. The minimum absolute atomic E-state index is 0.928. The molecule has 0 unspecified atom stereocenters. The Morgan fingerprint density at radius 1 is 1.38 bits per heavy atom. The smallest absolute Gasteiger partial charge is 0.116 e. The third kappa shape index (κ3) is 3.06. The van der Waals surface area contributed by atoms with E-state index in [2.05, 4.69) is 57.1 Å². The van der Waals surface area contributed by atoms with Crippen LogP contribution in [0.2, 0.25) is 0 Å². The van der Waals surface area contributed by atoms with Gasteiger partial charge in [-0.3, -0.25) is 0 Å². The Morgan fingerprint density at radius 2 is 2.25 bits per heavy atom. The number of aromatic nitrogens is 2. The van der Waals surface area contributed by atoms with Crippen molar-refractivity contribution in [1.82, 2.24) is 9.97 Å². The molecular weight excluding hydrogens is 284 g/mol. The lowest BCUT2D eigenvalue weighted by Gasteiger charge is -2.03. The Bertz CT molecular complexity index is 488. The van der Waals surface area contributed by atoms with Gasteiger partial charge in [0.25, 0.3) is 0 Å². The predicted molar refractivity (Wildman–Crippen MR) is 70.5 cm³/mol. The minimum Gasteiger partial charge on any atom is -0.244 e. The van der Waals surface area contributed by atoms with Gasteiger partial charge in [0.1, 0.15) is 11.4 Å². The molecule has 0 fully saturated rings. The van der Waals surface area contributed by atoms with Crippen LogP contribution in [0.4, 0.5) is 0 Å². The molecule has 16 heavy (non-hydrogen) atoms. The monoisotopic (exact) mass is 294 g/mol. The van der Waals surface area contributed by atoms with Gasteiger partial charge in [-0.25, -0.2) is 9.97 Å². The molecular formula is C12H11BrN2S. The average Bonchev–Trinajstić information content (AvgIpc) is 2.28. The molecule has 0 aliphatic rings. The number of benzene rings is 1. The minimum atomic E-state index is 0.928. The van der Waals surface area contributed by atoms with E-state index in [4.69, 9.17) is 0 Å². The third-order valence-corrected chi connectivity index (χ3v) is 4.01. The second kappa shape index (κ2) is 5.46. The van der Waals surface area contributed by atoms with Crippen molar-refractivity contribution in [3.63, 3.8) is 0 Å². The van der Waals surface area contributed by atoms with Crippen molar-refractivity contribution < 1.29 is 0 Å². The van der Waals surface area contributed by atoms with Crippen LogP contribution in [0.3, 0.4) is 0 Å². The van der Waals surface area contributed by atoms with Gasteiger partial charge in [-0.1, -0.05) is 29.8 Å². The number of nitrogens with zero attached hydrogens (tertiary/aromatic N) is 2. The van der Waals surface area contributed by atoms with Gasteiger partial charge in [0.05, 0.1) is 4.47 Å². The maximum absolute atomic E-state index is 4.22. The van der Waals surface area contributed by atoms with Gasteiger partial charge in [-0.2, -0.15) is 0 Å². The highest BCUT2D eigenvalue weighted by molar-refractivity contribution is 9.10. The zero-order valence-electron chi connectivity index (χ0n) is 8.85. The van der Waals surface area contributed by atoms with Gasteiger partial charge < -0.3 is 0 Å². The summed E-state index contributed by atoms with van der Waals surface area (Å²) < 4.78 is 0.952. The topological polar surface area (TPSA) is 25.8 Å². The second-order valence-corrected chi connectivity index (χ2v) is 5.27. The Hall–Kier alpha value is -0.870. The Kier molecular flexibility index (Phi) is 3.96. The van der Waals surface area contributed by atoms with Crippen LogP contribution in [0.1, 0.15) is 11.1 Å². The summed E-state index contributed by atoms with van der Waals surface area (Å²) in [6, 6.07) is 8.52. The molecule has 4 heteroatoms. The van der Waals surface area contributed by atoms with E-state index in [-0.39, 0.29) is 0 Å². The van der Waals surface area contributed by atoms with Crippen LogP contribution in [0.25, 0.3) is 0 Å². The Balaban J connectivity index is 2.05. The summed E-state index contributed by atoms with van der Waals surface area (Å²) in [6.45, 7) is 2.11. The fraction of sp³-hybridized carbons (Fsp3) is 0.167. The zero-order valence-corrected chi connectivity index (χ0v) is 11.3. The van der Waals surface area contributed by atoms with E-state index < -0.39 is 0 Å². The highest BCUT2D eigenvalue weighted by Crippen LogP contribution is 2.27. The maximum atomic E-state index is 4.22. The van der Waals surface area contributed by atoms with Crippen LogP contribution in [0.5, 0.6) is 0 Å². The van der Waals surface area contributed by atoms with Crippen LogP contribution in [0.15, 0.2) is 46.3 Å². The molecule has 0 bridgehead atoms. The number of rotatable bonds is 3. The standard InChI is InChI=1S/C12H11BrN2S/c1-9-3-2-4-10(5-9)7-16-12-11(13)6-14-8-15-12/h2-6,8H,7H2,1H3. The van der Waals surface area contributed by atoms with Gasteiger partial charge in [-0.05, 0) is 28.4 Å². The predicted octanol–water partition coefficient (Wildman–Crippen LogP) is 3.84. The molecule has 0 amide bonds. The fourth-order valence-corrected chi connectivity index (χ4v) is 2.72. The number of halogens is 1. The summed E-state index contributed by atoms with van der Waals surface area (Å²) in [5, 5.41) is 0.983. The summed E-state index contributed by atoms with van der Waals surface area (Å²) in [5.41, 5.74) is 2.61. The molecule has 2 aromatic rings. The number of aryl methyl sites for hydroxylation is 1. The lowest BCUT2D eigenvalue weighted by atomic mass is 10.2. The summed E-state index contributed by atoms with van der Waals surface area (Å²) in [6.07, 6.45) is 3.34. The average molecular weight is 295 g/mol. The van der Waals surface area contributed by atoms with Crippen LogP contribution in [0, 0.1) is 6.92 Å². The van der Waals surface area contributed by atoms with Gasteiger partial charge in [0, 0.05) is 11.9 Å². The summed E-state index contributed by atoms with van der Waals surface area (Å²) in [4.78, 5) is 8.16. The highest BCUT2D eigenvalue weighted by Gasteiger charge is 2.02. The zero-order chi connectivity index (χ0) is 11.4. The van der Waals surface area contributed by atoms with Crippen LogP contribution < -0.4 is 0 Å². The van der Waals surface area contributed by atoms with Crippen LogP contribution in [-0.4, -0.2) is 9.97 Å². The molecule has 1 heterocycles. The van der Waals surface area contributed by atoms with Crippen molar-refractivity contribution in [3.05, 3.63) is 52.4 Å². The van der Waals surface area contributed by atoms with Crippen molar-refractivity contribution in [2.75, 3.05) is 0 Å². The van der Waals surface area contributed by atoms with E-state index in [0.717, 1.165) is 15.3 Å². The largest absolute Gasteiger partial charge is 0.244 e. The molecule has 0 atom stereocenters. The quantitative estimate of drug-likeness (QED) is 0.635. The van der Waals surface area contributed by atoms with Crippen molar-refractivity contribution in [2.45, 2.75) is 17.7 Å². The van der Waals surface area contributed by atoms with E-state index in [1.807, 2.05) is 0 Å². The summed E-state index contributed by atoms with van der Waals surface area (Å²) in [7, 11) is 0. The molecule has 0 spiro atoms. The lowest BCUT2D eigenvalue weighted by molar-refractivity contribution is 1.02. The normalized spacial score (nSPS) is 10.4. The molecule has 0 saturated heterocycles. The Morgan fingerprint density at radius 3 is 3.00 bits per heavy atom. The first-order valence-corrected chi connectivity index (χ1v) is 6.67. The summed E-state index contributed by atoms with van der Waals surface area (Å²) in [5.74, 6) is 0.928. The lowest BCUT2D eigenvalue weighted by Crippen LogP contribution is -1.86. The summed E-state index contributed by atoms with van der Waals surface area (Å²) >= 11 is 5.15. The van der Waals surface area contributed by atoms with Gasteiger partial charge >= 0.3 is 0 Å². The molecule has 0 saturated carbocycles. The number of hydrogen-bond acceptors (Lipinski definition) is 3. The molecule has 2 nitrogen and oxygen atoms in total.